The van der Waals surface area contributed by atoms with Crippen molar-refractivity contribution in [2.45, 2.75) is 39.0 Å². The SMILES string of the molecule is COc1ccc(Cc2nccc(N3CCCN(C(C)=O)CC3)n2)cc1OCCCN1CCCC1. The van der Waals surface area contributed by atoms with Gasteiger partial charge in [-0.25, -0.2) is 9.97 Å². The molecule has 0 bridgehead atoms. The summed E-state index contributed by atoms with van der Waals surface area (Å²) in [6, 6.07) is 8.00. The lowest BCUT2D eigenvalue weighted by Crippen LogP contribution is -2.33. The number of ether oxygens (including phenoxy) is 2. The molecule has 4 rings (SSSR count). The summed E-state index contributed by atoms with van der Waals surface area (Å²) in [5, 5.41) is 0. The first-order chi connectivity index (χ1) is 16.6. The molecule has 0 atom stereocenters. The topological polar surface area (TPSA) is 71.0 Å². The molecule has 1 aromatic carbocycles. The third-order valence-corrected chi connectivity index (χ3v) is 6.62. The molecule has 2 aliphatic heterocycles. The van der Waals surface area contributed by atoms with Gasteiger partial charge in [-0.05, 0) is 62.5 Å². The quantitative estimate of drug-likeness (QED) is 0.525. The van der Waals surface area contributed by atoms with Crippen LogP contribution in [0.25, 0.3) is 0 Å². The van der Waals surface area contributed by atoms with E-state index >= 15 is 0 Å². The first-order valence-corrected chi connectivity index (χ1v) is 12.5. The molecule has 2 aliphatic rings. The van der Waals surface area contributed by atoms with Gasteiger partial charge in [0.05, 0.1) is 13.7 Å². The number of hydrogen-bond acceptors (Lipinski definition) is 7. The molecule has 3 heterocycles. The van der Waals surface area contributed by atoms with E-state index < -0.39 is 0 Å². The van der Waals surface area contributed by atoms with Crippen LogP contribution in [-0.4, -0.2) is 85.2 Å². The number of hydrogen-bond donors (Lipinski definition) is 0. The summed E-state index contributed by atoms with van der Waals surface area (Å²) in [6.45, 7) is 9.03. The molecule has 0 radical (unpaired) electrons. The van der Waals surface area contributed by atoms with Gasteiger partial charge >= 0.3 is 0 Å². The number of aromatic nitrogens is 2. The van der Waals surface area contributed by atoms with Crippen molar-refractivity contribution in [1.29, 1.82) is 0 Å². The highest BCUT2D eigenvalue weighted by Crippen LogP contribution is 2.29. The van der Waals surface area contributed by atoms with E-state index in [1.165, 1.54) is 25.9 Å². The fourth-order valence-corrected chi connectivity index (χ4v) is 4.71. The Hall–Kier alpha value is -2.87. The molecule has 8 nitrogen and oxygen atoms in total. The lowest BCUT2D eigenvalue weighted by molar-refractivity contribution is -0.128. The summed E-state index contributed by atoms with van der Waals surface area (Å²) >= 11 is 0. The van der Waals surface area contributed by atoms with Gasteiger partial charge in [-0.2, -0.15) is 0 Å². The molecule has 0 saturated carbocycles. The van der Waals surface area contributed by atoms with E-state index in [1.54, 1.807) is 14.0 Å². The van der Waals surface area contributed by atoms with E-state index in [0.29, 0.717) is 13.0 Å². The zero-order valence-electron chi connectivity index (χ0n) is 20.5. The third kappa shape index (κ3) is 6.59. The summed E-state index contributed by atoms with van der Waals surface area (Å²) in [5.41, 5.74) is 1.09. The predicted octanol–water partition coefficient (Wildman–Crippen LogP) is 3.00. The highest BCUT2D eigenvalue weighted by Gasteiger charge is 2.18. The van der Waals surface area contributed by atoms with E-state index in [1.807, 2.05) is 35.4 Å². The molecule has 2 saturated heterocycles. The number of benzene rings is 1. The molecule has 2 aromatic rings. The number of anilines is 1. The van der Waals surface area contributed by atoms with Crippen molar-refractivity contribution in [3.8, 4) is 11.5 Å². The summed E-state index contributed by atoms with van der Waals surface area (Å²) in [6.07, 6.45) is 7.02. The van der Waals surface area contributed by atoms with Crippen molar-refractivity contribution in [2.75, 3.05) is 64.4 Å². The van der Waals surface area contributed by atoms with Crippen molar-refractivity contribution >= 4 is 11.7 Å². The Kier molecular flexibility index (Phi) is 8.57. The van der Waals surface area contributed by atoms with Crippen LogP contribution in [0.15, 0.2) is 30.5 Å². The van der Waals surface area contributed by atoms with Crippen molar-refractivity contribution in [3.05, 3.63) is 41.9 Å². The number of carbonyl (C=O) groups excluding carboxylic acids is 1. The minimum Gasteiger partial charge on any atom is -0.493 e. The van der Waals surface area contributed by atoms with E-state index in [-0.39, 0.29) is 5.91 Å². The van der Waals surface area contributed by atoms with Crippen molar-refractivity contribution in [3.63, 3.8) is 0 Å². The second kappa shape index (κ2) is 12.0. The molecule has 1 aromatic heterocycles. The maximum absolute atomic E-state index is 11.7. The molecule has 2 fully saturated rings. The molecule has 0 unspecified atom stereocenters. The Morgan fingerprint density at radius 3 is 2.65 bits per heavy atom. The largest absolute Gasteiger partial charge is 0.493 e. The monoisotopic (exact) mass is 467 g/mol. The van der Waals surface area contributed by atoms with E-state index in [0.717, 1.165) is 74.3 Å². The Balaban J connectivity index is 1.37. The fourth-order valence-electron chi connectivity index (χ4n) is 4.71. The smallest absolute Gasteiger partial charge is 0.219 e. The lowest BCUT2D eigenvalue weighted by atomic mass is 10.1. The van der Waals surface area contributed by atoms with Crippen LogP contribution in [0.2, 0.25) is 0 Å². The van der Waals surface area contributed by atoms with Crippen molar-refractivity contribution in [2.24, 2.45) is 0 Å². The summed E-state index contributed by atoms with van der Waals surface area (Å²) in [7, 11) is 1.67. The van der Waals surface area contributed by atoms with E-state index in [9.17, 15) is 4.79 Å². The molecule has 0 spiro atoms. The Morgan fingerprint density at radius 1 is 1.00 bits per heavy atom. The molecular weight excluding hydrogens is 430 g/mol. The minimum atomic E-state index is 0.138. The third-order valence-electron chi connectivity index (χ3n) is 6.62. The van der Waals surface area contributed by atoms with Crippen LogP contribution in [0.3, 0.4) is 0 Å². The maximum Gasteiger partial charge on any atom is 0.219 e. The maximum atomic E-state index is 11.7. The number of nitrogens with zero attached hydrogens (tertiary/aromatic N) is 5. The first kappa shape index (κ1) is 24.3. The number of rotatable bonds is 9. The zero-order valence-corrected chi connectivity index (χ0v) is 20.5. The van der Waals surface area contributed by atoms with Gasteiger partial charge in [0.25, 0.3) is 0 Å². The molecule has 1 amide bonds. The van der Waals surface area contributed by atoms with Gasteiger partial charge in [-0.15, -0.1) is 0 Å². The van der Waals surface area contributed by atoms with Gasteiger partial charge < -0.3 is 24.2 Å². The van der Waals surface area contributed by atoms with Crippen LogP contribution in [-0.2, 0) is 11.2 Å². The van der Waals surface area contributed by atoms with Gasteiger partial charge in [-0.1, -0.05) is 6.07 Å². The molecule has 184 valence electrons. The van der Waals surface area contributed by atoms with Crippen LogP contribution in [0.4, 0.5) is 5.82 Å². The van der Waals surface area contributed by atoms with Crippen LogP contribution < -0.4 is 14.4 Å². The van der Waals surface area contributed by atoms with E-state index in [4.69, 9.17) is 14.5 Å². The fraction of sp³-hybridized carbons (Fsp3) is 0.577. The average Bonchev–Trinajstić information content (AvgIpc) is 3.23. The number of likely N-dealkylation sites (tertiary alicyclic amines) is 1. The minimum absolute atomic E-state index is 0.138. The second-order valence-corrected chi connectivity index (χ2v) is 9.09. The first-order valence-electron chi connectivity index (χ1n) is 12.5. The number of carbonyl (C=O) groups is 1. The van der Waals surface area contributed by atoms with Gasteiger partial charge in [0.15, 0.2) is 11.5 Å². The standard InChI is InChI=1S/C26H37N5O3/c1-21(32)30-14-5-15-31(17-16-30)26-9-10-27-25(28-26)20-22-7-8-23(33-2)24(19-22)34-18-6-13-29-11-3-4-12-29/h7-10,19H,3-6,11-18,20H2,1-2H3. The van der Waals surface area contributed by atoms with Gasteiger partial charge in [-0.3, -0.25) is 4.79 Å². The van der Waals surface area contributed by atoms with Gasteiger partial charge in [0.1, 0.15) is 11.6 Å². The van der Waals surface area contributed by atoms with Gasteiger partial charge in [0, 0.05) is 52.3 Å². The van der Waals surface area contributed by atoms with Crippen molar-refractivity contribution < 1.29 is 14.3 Å². The van der Waals surface area contributed by atoms with Gasteiger partial charge in [0.2, 0.25) is 5.91 Å². The summed E-state index contributed by atoms with van der Waals surface area (Å²) in [4.78, 5) is 27.7. The lowest BCUT2D eigenvalue weighted by Gasteiger charge is -2.22. The highest BCUT2D eigenvalue weighted by molar-refractivity contribution is 5.73. The van der Waals surface area contributed by atoms with E-state index in [2.05, 4.69) is 14.8 Å². The normalized spacial score (nSPS) is 17.0. The number of amides is 1. The molecular formula is C26H37N5O3. The van der Waals surface area contributed by atoms with Crippen LogP contribution in [0.1, 0.15) is 44.0 Å². The Morgan fingerprint density at radius 2 is 1.85 bits per heavy atom. The summed E-state index contributed by atoms with van der Waals surface area (Å²) in [5.74, 6) is 3.35. The average molecular weight is 468 g/mol. The second-order valence-electron chi connectivity index (χ2n) is 9.09. The molecule has 0 aliphatic carbocycles. The highest BCUT2D eigenvalue weighted by atomic mass is 16.5. The van der Waals surface area contributed by atoms with Crippen LogP contribution >= 0.6 is 0 Å². The molecule has 34 heavy (non-hydrogen) atoms. The van der Waals surface area contributed by atoms with Crippen LogP contribution in [0, 0.1) is 0 Å². The Bertz CT molecular complexity index is 948. The molecule has 8 heteroatoms. The molecule has 0 N–H and O–H groups in total. The summed E-state index contributed by atoms with van der Waals surface area (Å²) < 4.78 is 11.6. The Labute approximate surface area is 202 Å². The zero-order chi connectivity index (χ0) is 23.8. The van der Waals surface area contributed by atoms with Crippen molar-refractivity contribution in [1.82, 2.24) is 19.8 Å². The predicted molar refractivity (Wildman–Crippen MR) is 133 cm³/mol. The van der Waals surface area contributed by atoms with Crippen LogP contribution in [0.5, 0.6) is 11.5 Å². The number of methoxy groups -OCH3 is 1.